The molecule has 3 rings (SSSR count). The molecule has 0 amide bonds. The van der Waals surface area contributed by atoms with Gasteiger partial charge in [0.2, 0.25) is 0 Å². The summed E-state index contributed by atoms with van der Waals surface area (Å²) in [5.74, 6) is 2.83. The van der Waals surface area contributed by atoms with Crippen LogP contribution in [0.2, 0.25) is 0 Å². The van der Waals surface area contributed by atoms with Gasteiger partial charge in [0.1, 0.15) is 11.6 Å². The second kappa shape index (κ2) is 11.1. The van der Waals surface area contributed by atoms with Crippen LogP contribution in [0.25, 0.3) is 10.8 Å². The molecule has 0 saturated heterocycles. The minimum atomic E-state index is 0.673. The number of aryl methyl sites for hydroxylation is 2. The normalized spacial score (nSPS) is 11.6. The van der Waals surface area contributed by atoms with Crippen LogP contribution in [-0.4, -0.2) is 42.3 Å². The van der Waals surface area contributed by atoms with Crippen molar-refractivity contribution in [2.45, 2.75) is 32.7 Å². The minimum Gasteiger partial charge on any atom is -0.494 e. The van der Waals surface area contributed by atoms with E-state index in [1.165, 1.54) is 10.8 Å². The molecule has 0 spiro atoms. The number of fused-ring (bicyclic) bond motifs is 1. The molecule has 0 atom stereocenters. The van der Waals surface area contributed by atoms with Crippen molar-refractivity contribution < 1.29 is 4.74 Å². The maximum absolute atomic E-state index is 5.88. The highest BCUT2D eigenvalue weighted by Gasteiger charge is 2.00. The molecule has 154 valence electrons. The number of ether oxygens (including phenoxy) is 1. The molecule has 1 aromatic heterocycles. The van der Waals surface area contributed by atoms with Gasteiger partial charge in [-0.3, -0.25) is 4.99 Å². The standard InChI is InChI=1S/C23H31N5O/c1-19-25-14-16-28(19)15-6-5-12-26-23(24-2)27-13-7-17-29-22-11-10-20-8-3-4-9-21(20)18-22/h3-4,8-11,14,16,18H,5-7,12-13,15,17H2,1-2H3,(H2,24,26,27). The summed E-state index contributed by atoms with van der Waals surface area (Å²) in [4.78, 5) is 8.52. The Kier molecular flexibility index (Phi) is 7.92. The number of rotatable bonds is 10. The number of aromatic nitrogens is 2. The van der Waals surface area contributed by atoms with Crippen molar-refractivity contribution in [3.63, 3.8) is 0 Å². The summed E-state index contributed by atoms with van der Waals surface area (Å²) in [5.41, 5.74) is 0. The number of unbranched alkanes of at least 4 members (excludes halogenated alkanes) is 1. The first kappa shape index (κ1) is 20.7. The van der Waals surface area contributed by atoms with Crippen molar-refractivity contribution in [2.75, 3.05) is 26.7 Å². The zero-order chi connectivity index (χ0) is 20.3. The van der Waals surface area contributed by atoms with Crippen LogP contribution in [0.4, 0.5) is 0 Å². The van der Waals surface area contributed by atoms with E-state index in [-0.39, 0.29) is 0 Å². The Morgan fingerprint density at radius 3 is 2.59 bits per heavy atom. The van der Waals surface area contributed by atoms with E-state index >= 15 is 0 Å². The van der Waals surface area contributed by atoms with Crippen LogP contribution in [0.15, 0.2) is 59.9 Å². The van der Waals surface area contributed by atoms with Crippen molar-refractivity contribution >= 4 is 16.7 Å². The lowest BCUT2D eigenvalue weighted by Gasteiger charge is -2.12. The summed E-state index contributed by atoms with van der Waals surface area (Å²) in [6, 6.07) is 14.5. The number of guanidine groups is 1. The molecule has 3 aromatic rings. The molecular weight excluding hydrogens is 362 g/mol. The molecule has 6 nitrogen and oxygen atoms in total. The van der Waals surface area contributed by atoms with Crippen LogP contribution in [0.3, 0.4) is 0 Å². The van der Waals surface area contributed by atoms with E-state index in [2.05, 4.69) is 55.5 Å². The topological polar surface area (TPSA) is 63.5 Å². The Labute approximate surface area is 173 Å². The Morgan fingerprint density at radius 2 is 1.83 bits per heavy atom. The zero-order valence-corrected chi connectivity index (χ0v) is 17.4. The van der Waals surface area contributed by atoms with Gasteiger partial charge in [0.05, 0.1) is 6.61 Å². The van der Waals surface area contributed by atoms with E-state index in [9.17, 15) is 0 Å². The van der Waals surface area contributed by atoms with Gasteiger partial charge in [-0.2, -0.15) is 0 Å². The fraction of sp³-hybridized carbons (Fsp3) is 0.391. The van der Waals surface area contributed by atoms with Gasteiger partial charge in [-0.25, -0.2) is 4.98 Å². The fourth-order valence-electron chi connectivity index (χ4n) is 3.20. The van der Waals surface area contributed by atoms with E-state index in [1.54, 1.807) is 7.05 Å². The van der Waals surface area contributed by atoms with Gasteiger partial charge in [-0.15, -0.1) is 0 Å². The highest BCUT2D eigenvalue weighted by molar-refractivity contribution is 5.83. The van der Waals surface area contributed by atoms with E-state index in [0.29, 0.717) is 6.61 Å². The lowest BCUT2D eigenvalue weighted by molar-refractivity contribution is 0.311. The SMILES string of the molecule is CN=C(NCCCCn1ccnc1C)NCCCOc1ccc2ccccc2c1. The van der Waals surface area contributed by atoms with Crippen LogP contribution in [-0.2, 0) is 6.54 Å². The van der Waals surface area contributed by atoms with Crippen LogP contribution in [0.5, 0.6) is 5.75 Å². The predicted octanol–water partition coefficient (Wildman–Crippen LogP) is 3.76. The van der Waals surface area contributed by atoms with E-state index in [1.807, 2.05) is 31.5 Å². The molecule has 0 aliphatic carbocycles. The molecule has 0 radical (unpaired) electrons. The molecule has 2 aromatic carbocycles. The first-order chi connectivity index (χ1) is 14.3. The third kappa shape index (κ3) is 6.52. The minimum absolute atomic E-state index is 0.673. The Bertz CT molecular complexity index is 918. The first-order valence-corrected chi connectivity index (χ1v) is 10.3. The monoisotopic (exact) mass is 393 g/mol. The van der Waals surface area contributed by atoms with E-state index in [0.717, 1.165) is 56.4 Å². The molecule has 0 aliphatic heterocycles. The summed E-state index contributed by atoms with van der Waals surface area (Å²) in [6.45, 7) is 5.44. The molecular formula is C23H31N5O. The highest BCUT2D eigenvalue weighted by Crippen LogP contribution is 2.20. The van der Waals surface area contributed by atoms with Gasteiger partial charge in [0.25, 0.3) is 0 Å². The van der Waals surface area contributed by atoms with Crippen LogP contribution in [0, 0.1) is 6.92 Å². The molecule has 0 aliphatic rings. The van der Waals surface area contributed by atoms with Gasteiger partial charge >= 0.3 is 0 Å². The maximum atomic E-state index is 5.88. The number of nitrogens with one attached hydrogen (secondary N) is 2. The summed E-state index contributed by atoms with van der Waals surface area (Å²) in [7, 11) is 1.80. The fourth-order valence-corrected chi connectivity index (χ4v) is 3.20. The van der Waals surface area contributed by atoms with Gasteiger partial charge in [-0.1, -0.05) is 30.3 Å². The lowest BCUT2D eigenvalue weighted by Crippen LogP contribution is -2.38. The number of imidazole rings is 1. The number of benzene rings is 2. The van der Waals surface area contributed by atoms with Gasteiger partial charge in [0.15, 0.2) is 5.96 Å². The quantitative estimate of drug-likeness (QED) is 0.313. The van der Waals surface area contributed by atoms with Gasteiger partial charge in [0, 0.05) is 39.1 Å². The molecule has 0 bridgehead atoms. The third-order valence-corrected chi connectivity index (χ3v) is 4.87. The van der Waals surface area contributed by atoms with Gasteiger partial charge in [-0.05, 0) is 49.1 Å². The summed E-state index contributed by atoms with van der Waals surface area (Å²) in [6.07, 6.45) is 6.99. The molecule has 0 saturated carbocycles. The van der Waals surface area contributed by atoms with Gasteiger partial charge < -0.3 is 19.9 Å². The Hall–Kier alpha value is -3.02. The second-order valence-electron chi connectivity index (χ2n) is 7.01. The molecule has 29 heavy (non-hydrogen) atoms. The number of nitrogens with zero attached hydrogens (tertiary/aromatic N) is 3. The van der Waals surface area contributed by atoms with Crippen LogP contribution in [0.1, 0.15) is 25.1 Å². The predicted molar refractivity (Wildman–Crippen MR) is 120 cm³/mol. The van der Waals surface area contributed by atoms with Crippen molar-refractivity contribution in [3.8, 4) is 5.75 Å². The molecule has 6 heteroatoms. The number of hydrogen-bond donors (Lipinski definition) is 2. The summed E-state index contributed by atoms with van der Waals surface area (Å²) >= 11 is 0. The molecule has 0 unspecified atom stereocenters. The third-order valence-electron chi connectivity index (χ3n) is 4.87. The second-order valence-corrected chi connectivity index (χ2v) is 7.01. The maximum Gasteiger partial charge on any atom is 0.190 e. The average molecular weight is 394 g/mol. The average Bonchev–Trinajstić information content (AvgIpc) is 3.16. The summed E-state index contributed by atoms with van der Waals surface area (Å²) < 4.78 is 8.06. The van der Waals surface area contributed by atoms with E-state index in [4.69, 9.17) is 4.74 Å². The van der Waals surface area contributed by atoms with Crippen molar-refractivity contribution in [2.24, 2.45) is 4.99 Å². The number of hydrogen-bond acceptors (Lipinski definition) is 3. The largest absolute Gasteiger partial charge is 0.494 e. The lowest BCUT2D eigenvalue weighted by atomic mass is 10.1. The number of aliphatic imine (C=N–C) groups is 1. The highest BCUT2D eigenvalue weighted by atomic mass is 16.5. The van der Waals surface area contributed by atoms with Crippen LogP contribution < -0.4 is 15.4 Å². The first-order valence-electron chi connectivity index (χ1n) is 10.3. The summed E-state index contributed by atoms with van der Waals surface area (Å²) in [5, 5.41) is 9.15. The molecule has 1 heterocycles. The van der Waals surface area contributed by atoms with Crippen molar-refractivity contribution in [3.05, 3.63) is 60.7 Å². The smallest absolute Gasteiger partial charge is 0.190 e. The molecule has 0 fully saturated rings. The van der Waals surface area contributed by atoms with E-state index < -0.39 is 0 Å². The Morgan fingerprint density at radius 1 is 1.03 bits per heavy atom. The van der Waals surface area contributed by atoms with Crippen molar-refractivity contribution in [1.29, 1.82) is 0 Å². The Balaban J connectivity index is 1.27. The van der Waals surface area contributed by atoms with Crippen molar-refractivity contribution in [1.82, 2.24) is 20.2 Å². The zero-order valence-electron chi connectivity index (χ0n) is 17.4. The molecule has 2 N–H and O–H groups in total. The van der Waals surface area contributed by atoms with Crippen LogP contribution >= 0.6 is 0 Å².